The fourth-order valence-corrected chi connectivity index (χ4v) is 2.48. The van der Waals surface area contributed by atoms with E-state index in [4.69, 9.17) is 9.47 Å². The van der Waals surface area contributed by atoms with Crippen LogP contribution in [-0.2, 0) is 9.47 Å². The van der Waals surface area contributed by atoms with Gasteiger partial charge in [-0.3, -0.25) is 0 Å². The quantitative estimate of drug-likeness (QED) is 0.403. The van der Waals surface area contributed by atoms with E-state index >= 15 is 0 Å². The van der Waals surface area contributed by atoms with Crippen molar-refractivity contribution >= 4 is 0 Å². The van der Waals surface area contributed by atoms with Crippen LogP contribution < -0.4 is 18.9 Å². The van der Waals surface area contributed by atoms with Gasteiger partial charge in [-0.1, -0.05) is 6.42 Å². The van der Waals surface area contributed by atoms with E-state index in [1.165, 1.54) is 12.8 Å². The molecule has 1 saturated heterocycles. The van der Waals surface area contributed by atoms with Crippen molar-refractivity contribution in [3.05, 3.63) is 6.92 Å². The molecule has 1 aliphatic heterocycles. The van der Waals surface area contributed by atoms with E-state index in [-0.39, 0.29) is 24.6 Å². The molecule has 0 aromatic rings. The standard InChI is InChI=1S/C10H17O2.Li/c1-2-4-9-5-3-6-10(9)11-7-8-12-10;/h9H,1-8H2;/q-1;+1. The van der Waals surface area contributed by atoms with Crippen LogP contribution in [0.2, 0.25) is 0 Å². The van der Waals surface area contributed by atoms with Crippen molar-refractivity contribution in [1.29, 1.82) is 0 Å². The molecule has 2 fully saturated rings. The van der Waals surface area contributed by atoms with Crippen molar-refractivity contribution < 1.29 is 28.3 Å². The fraction of sp³-hybridized carbons (Fsp3) is 0.900. The van der Waals surface area contributed by atoms with Gasteiger partial charge in [0.25, 0.3) is 0 Å². The summed E-state index contributed by atoms with van der Waals surface area (Å²) in [6.45, 7) is 5.46. The van der Waals surface area contributed by atoms with Gasteiger partial charge in [-0.05, 0) is 12.8 Å². The monoisotopic (exact) mass is 176 g/mol. The van der Waals surface area contributed by atoms with Crippen molar-refractivity contribution in [3.8, 4) is 0 Å². The molecule has 13 heavy (non-hydrogen) atoms. The third-order valence-electron chi connectivity index (χ3n) is 3.03. The topological polar surface area (TPSA) is 18.5 Å². The van der Waals surface area contributed by atoms with Crippen LogP contribution >= 0.6 is 0 Å². The Morgan fingerprint density at radius 1 is 1.31 bits per heavy atom. The summed E-state index contributed by atoms with van der Waals surface area (Å²) < 4.78 is 11.4. The normalized spacial score (nSPS) is 30.7. The van der Waals surface area contributed by atoms with Crippen LogP contribution in [0.3, 0.4) is 0 Å². The second kappa shape index (κ2) is 4.84. The third-order valence-corrected chi connectivity index (χ3v) is 3.03. The van der Waals surface area contributed by atoms with E-state index in [0.29, 0.717) is 5.92 Å². The first kappa shape index (κ1) is 11.6. The molecule has 2 rings (SSSR count). The molecular weight excluding hydrogens is 159 g/mol. The van der Waals surface area contributed by atoms with Gasteiger partial charge in [-0.15, -0.1) is 0 Å². The van der Waals surface area contributed by atoms with E-state index in [0.717, 1.165) is 32.5 Å². The Morgan fingerprint density at radius 3 is 2.62 bits per heavy atom. The number of rotatable bonds is 2. The van der Waals surface area contributed by atoms with E-state index < -0.39 is 0 Å². The maximum absolute atomic E-state index is 5.72. The molecule has 0 N–H and O–H groups in total. The Hall–Kier alpha value is 0.517. The minimum atomic E-state index is -0.183. The summed E-state index contributed by atoms with van der Waals surface area (Å²) in [7, 11) is 0. The van der Waals surface area contributed by atoms with E-state index in [1.807, 2.05) is 0 Å². The Morgan fingerprint density at radius 2 is 2.00 bits per heavy atom. The van der Waals surface area contributed by atoms with E-state index in [1.54, 1.807) is 0 Å². The SMILES string of the molecule is [CH2-]CCC1CCCC12OCCO2.[Li+]. The minimum Gasteiger partial charge on any atom is -0.347 e. The average Bonchev–Trinajstić information content (AvgIpc) is 2.66. The number of hydrogen-bond donors (Lipinski definition) is 0. The first-order valence-corrected chi connectivity index (χ1v) is 4.94. The van der Waals surface area contributed by atoms with Crippen molar-refractivity contribution in [2.45, 2.75) is 37.9 Å². The summed E-state index contributed by atoms with van der Waals surface area (Å²) in [5, 5.41) is 0. The zero-order valence-corrected chi connectivity index (χ0v) is 8.55. The molecule has 1 spiro atoms. The van der Waals surface area contributed by atoms with Gasteiger partial charge >= 0.3 is 18.9 Å². The van der Waals surface area contributed by atoms with E-state index in [9.17, 15) is 0 Å². The zero-order valence-electron chi connectivity index (χ0n) is 8.55. The van der Waals surface area contributed by atoms with Gasteiger partial charge in [0.05, 0.1) is 13.2 Å². The second-order valence-corrected chi connectivity index (χ2v) is 3.74. The summed E-state index contributed by atoms with van der Waals surface area (Å²) in [6, 6.07) is 0. The van der Waals surface area contributed by atoms with Gasteiger partial charge in [-0.25, -0.2) is 0 Å². The van der Waals surface area contributed by atoms with Gasteiger partial charge in [0.2, 0.25) is 0 Å². The summed E-state index contributed by atoms with van der Waals surface area (Å²) in [6.07, 6.45) is 5.76. The van der Waals surface area contributed by atoms with Gasteiger partial charge < -0.3 is 16.4 Å². The molecule has 1 saturated carbocycles. The predicted octanol–water partition coefficient (Wildman–Crippen LogP) is -0.852. The maximum atomic E-state index is 5.72. The smallest absolute Gasteiger partial charge is 0.347 e. The Kier molecular flexibility index (Phi) is 4.32. The van der Waals surface area contributed by atoms with Gasteiger partial charge in [-0.2, -0.15) is 6.42 Å². The Bertz CT molecular complexity index is 149. The van der Waals surface area contributed by atoms with Gasteiger partial charge in [0.15, 0.2) is 5.79 Å². The van der Waals surface area contributed by atoms with Crippen molar-refractivity contribution in [2.24, 2.45) is 5.92 Å². The molecule has 2 aliphatic rings. The molecule has 0 amide bonds. The molecule has 3 heteroatoms. The first-order chi connectivity index (χ1) is 5.87. The predicted molar refractivity (Wildman–Crippen MR) is 46.6 cm³/mol. The summed E-state index contributed by atoms with van der Waals surface area (Å²) >= 11 is 0. The average molecular weight is 176 g/mol. The molecule has 1 heterocycles. The Balaban J connectivity index is 0.000000845. The second-order valence-electron chi connectivity index (χ2n) is 3.74. The van der Waals surface area contributed by atoms with Crippen molar-refractivity contribution in [2.75, 3.05) is 13.2 Å². The molecule has 2 nitrogen and oxygen atoms in total. The van der Waals surface area contributed by atoms with Crippen LogP contribution in [0.15, 0.2) is 0 Å². The van der Waals surface area contributed by atoms with Crippen molar-refractivity contribution in [3.63, 3.8) is 0 Å². The summed E-state index contributed by atoms with van der Waals surface area (Å²) in [5.74, 6) is 0.426. The molecule has 70 valence electrons. The Labute approximate surface area is 92.5 Å². The summed E-state index contributed by atoms with van der Waals surface area (Å²) in [4.78, 5) is 0. The van der Waals surface area contributed by atoms with Crippen LogP contribution in [0.1, 0.15) is 32.1 Å². The van der Waals surface area contributed by atoms with Crippen LogP contribution in [0.5, 0.6) is 0 Å². The number of hydrogen-bond acceptors (Lipinski definition) is 2. The van der Waals surface area contributed by atoms with Crippen LogP contribution in [0.4, 0.5) is 0 Å². The minimum absolute atomic E-state index is 0. The molecule has 1 aliphatic carbocycles. The largest absolute Gasteiger partial charge is 1.00 e. The molecule has 1 unspecified atom stereocenters. The summed E-state index contributed by atoms with van der Waals surface area (Å²) in [5.41, 5.74) is 0. The van der Waals surface area contributed by atoms with Crippen LogP contribution in [0.25, 0.3) is 0 Å². The molecule has 0 bridgehead atoms. The van der Waals surface area contributed by atoms with E-state index in [2.05, 4.69) is 6.92 Å². The maximum Gasteiger partial charge on any atom is 1.00 e. The molecule has 1 atom stereocenters. The van der Waals surface area contributed by atoms with Crippen LogP contribution in [0, 0.1) is 12.8 Å². The molecular formula is C10H17LiO2. The fourth-order valence-electron chi connectivity index (χ4n) is 2.48. The van der Waals surface area contributed by atoms with Crippen molar-refractivity contribution in [1.82, 2.24) is 0 Å². The molecule has 0 aromatic carbocycles. The third kappa shape index (κ3) is 2.13. The molecule has 0 aromatic heterocycles. The van der Waals surface area contributed by atoms with Crippen LogP contribution in [-0.4, -0.2) is 19.0 Å². The van der Waals surface area contributed by atoms with Gasteiger partial charge in [0.1, 0.15) is 0 Å². The van der Waals surface area contributed by atoms with Gasteiger partial charge in [0, 0.05) is 12.3 Å². The molecule has 0 radical (unpaired) electrons. The zero-order chi connectivity index (χ0) is 8.44. The first-order valence-electron chi connectivity index (χ1n) is 4.94. The number of ether oxygens (including phenoxy) is 2.